The molecule has 0 bridgehead atoms. The zero-order valence-corrected chi connectivity index (χ0v) is 12.5. The van der Waals surface area contributed by atoms with E-state index in [4.69, 9.17) is 5.26 Å². The standard InChI is InChI=1S/C15H19BrN2/c1-15(2)7-3-4-13(9-15)18-12-6-5-11(10-17)14(16)8-12/h5-6,8,13,18H,3-4,7,9H2,1-2H3. The van der Waals surface area contributed by atoms with Gasteiger partial charge in [-0.2, -0.15) is 5.26 Å². The first-order valence-electron chi connectivity index (χ1n) is 6.46. The molecule has 1 aliphatic rings. The second kappa shape index (κ2) is 5.32. The summed E-state index contributed by atoms with van der Waals surface area (Å²) in [6.45, 7) is 4.69. The van der Waals surface area contributed by atoms with Crippen LogP contribution in [0, 0.1) is 16.7 Å². The maximum absolute atomic E-state index is 8.90. The molecule has 0 aromatic heterocycles. The van der Waals surface area contributed by atoms with Gasteiger partial charge in [-0.25, -0.2) is 0 Å². The average Bonchev–Trinajstić information content (AvgIpc) is 2.28. The summed E-state index contributed by atoms with van der Waals surface area (Å²) >= 11 is 3.43. The molecule has 0 heterocycles. The second-order valence-corrected chi connectivity index (χ2v) is 6.76. The number of hydrogen-bond acceptors (Lipinski definition) is 2. The predicted octanol–water partition coefficient (Wildman–Crippen LogP) is 4.70. The van der Waals surface area contributed by atoms with Crippen LogP contribution in [-0.2, 0) is 0 Å². The summed E-state index contributed by atoms with van der Waals surface area (Å²) < 4.78 is 0.866. The van der Waals surface area contributed by atoms with Gasteiger partial charge in [0.15, 0.2) is 0 Å². The highest BCUT2D eigenvalue weighted by Gasteiger charge is 2.27. The normalized spacial score (nSPS) is 22.2. The van der Waals surface area contributed by atoms with Gasteiger partial charge in [0, 0.05) is 16.2 Å². The van der Waals surface area contributed by atoms with Crippen molar-refractivity contribution in [2.45, 2.75) is 45.6 Å². The van der Waals surface area contributed by atoms with Gasteiger partial charge in [0.1, 0.15) is 6.07 Å². The summed E-state index contributed by atoms with van der Waals surface area (Å²) in [6, 6.07) is 8.57. The number of halogens is 1. The molecule has 1 N–H and O–H groups in total. The first kappa shape index (κ1) is 13.4. The molecular formula is C15H19BrN2. The molecule has 1 fully saturated rings. The molecule has 1 aliphatic carbocycles. The number of benzene rings is 1. The Kier molecular flexibility index (Phi) is 3.97. The average molecular weight is 307 g/mol. The zero-order valence-electron chi connectivity index (χ0n) is 11.0. The lowest BCUT2D eigenvalue weighted by atomic mass is 9.75. The van der Waals surface area contributed by atoms with Gasteiger partial charge in [0.05, 0.1) is 5.56 Å². The summed E-state index contributed by atoms with van der Waals surface area (Å²) in [6.07, 6.45) is 5.07. The molecule has 1 aromatic carbocycles. The fourth-order valence-electron chi connectivity index (χ4n) is 2.75. The highest BCUT2D eigenvalue weighted by molar-refractivity contribution is 9.10. The molecule has 1 saturated carbocycles. The molecule has 0 amide bonds. The molecule has 2 rings (SSSR count). The van der Waals surface area contributed by atoms with Crippen LogP contribution in [0.4, 0.5) is 5.69 Å². The van der Waals surface area contributed by atoms with Gasteiger partial charge in [0.25, 0.3) is 0 Å². The van der Waals surface area contributed by atoms with Crippen LogP contribution in [0.3, 0.4) is 0 Å². The van der Waals surface area contributed by atoms with E-state index in [1.807, 2.05) is 18.2 Å². The molecule has 96 valence electrons. The van der Waals surface area contributed by atoms with Crippen molar-refractivity contribution < 1.29 is 0 Å². The van der Waals surface area contributed by atoms with E-state index in [2.05, 4.69) is 41.2 Å². The summed E-state index contributed by atoms with van der Waals surface area (Å²) in [5.41, 5.74) is 2.23. The van der Waals surface area contributed by atoms with Crippen molar-refractivity contribution in [2.24, 2.45) is 5.41 Å². The van der Waals surface area contributed by atoms with Gasteiger partial charge in [0.2, 0.25) is 0 Å². The molecule has 2 nitrogen and oxygen atoms in total. The zero-order chi connectivity index (χ0) is 13.2. The van der Waals surface area contributed by atoms with Crippen LogP contribution in [0.15, 0.2) is 22.7 Å². The third-order valence-corrected chi connectivity index (χ3v) is 4.32. The maximum Gasteiger partial charge on any atom is 0.100 e. The van der Waals surface area contributed by atoms with Gasteiger partial charge in [-0.05, 0) is 58.8 Å². The molecule has 3 heteroatoms. The highest BCUT2D eigenvalue weighted by Crippen LogP contribution is 2.36. The van der Waals surface area contributed by atoms with Gasteiger partial charge < -0.3 is 5.32 Å². The van der Waals surface area contributed by atoms with Crippen LogP contribution in [0.5, 0.6) is 0 Å². The summed E-state index contributed by atoms with van der Waals surface area (Å²) in [5.74, 6) is 0. The minimum absolute atomic E-state index is 0.444. The Hall–Kier alpha value is -1.01. The highest BCUT2D eigenvalue weighted by atomic mass is 79.9. The lowest BCUT2D eigenvalue weighted by molar-refractivity contribution is 0.229. The van der Waals surface area contributed by atoms with E-state index in [1.165, 1.54) is 25.7 Å². The van der Waals surface area contributed by atoms with Gasteiger partial charge >= 0.3 is 0 Å². The molecule has 0 aliphatic heterocycles. The SMILES string of the molecule is CC1(C)CCCC(Nc2ccc(C#N)c(Br)c2)C1. The van der Waals surface area contributed by atoms with E-state index in [0.29, 0.717) is 17.0 Å². The van der Waals surface area contributed by atoms with Crippen molar-refractivity contribution in [2.75, 3.05) is 5.32 Å². The van der Waals surface area contributed by atoms with Crippen LogP contribution in [0.2, 0.25) is 0 Å². The number of nitrogens with one attached hydrogen (secondary N) is 1. The smallest absolute Gasteiger partial charge is 0.100 e. The Morgan fingerprint density at radius 2 is 2.22 bits per heavy atom. The molecular weight excluding hydrogens is 288 g/mol. The first-order valence-corrected chi connectivity index (χ1v) is 7.26. The number of anilines is 1. The molecule has 0 saturated heterocycles. The van der Waals surface area contributed by atoms with Crippen molar-refractivity contribution >= 4 is 21.6 Å². The van der Waals surface area contributed by atoms with Crippen LogP contribution in [0.1, 0.15) is 45.1 Å². The van der Waals surface area contributed by atoms with Gasteiger partial charge in [-0.1, -0.05) is 20.3 Å². The maximum atomic E-state index is 8.90. The predicted molar refractivity (Wildman–Crippen MR) is 78.5 cm³/mol. The van der Waals surface area contributed by atoms with Crippen molar-refractivity contribution in [3.8, 4) is 6.07 Å². The molecule has 1 unspecified atom stereocenters. The minimum atomic E-state index is 0.444. The van der Waals surface area contributed by atoms with E-state index < -0.39 is 0 Å². The minimum Gasteiger partial charge on any atom is -0.382 e. The Labute approximate surface area is 118 Å². The third kappa shape index (κ3) is 3.26. The van der Waals surface area contributed by atoms with Crippen molar-refractivity contribution in [1.29, 1.82) is 5.26 Å². The lowest BCUT2D eigenvalue weighted by Gasteiger charge is -2.36. The second-order valence-electron chi connectivity index (χ2n) is 5.91. The van der Waals surface area contributed by atoms with Crippen LogP contribution >= 0.6 is 15.9 Å². The largest absolute Gasteiger partial charge is 0.382 e. The van der Waals surface area contributed by atoms with E-state index in [1.54, 1.807) is 0 Å². The van der Waals surface area contributed by atoms with Crippen LogP contribution in [0.25, 0.3) is 0 Å². The van der Waals surface area contributed by atoms with Crippen LogP contribution < -0.4 is 5.32 Å². The quantitative estimate of drug-likeness (QED) is 0.859. The Morgan fingerprint density at radius 1 is 1.44 bits per heavy atom. The summed E-state index contributed by atoms with van der Waals surface area (Å²) in [4.78, 5) is 0. The van der Waals surface area contributed by atoms with Gasteiger partial charge in [-0.3, -0.25) is 0 Å². The summed E-state index contributed by atoms with van der Waals surface area (Å²) in [7, 11) is 0. The molecule has 1 atom stereocenters. The Balaban J connectivity index is 2.06. The Morgan fingerprint density at radius 3 is 2.83 bits per heavy atom. The van der Waals surface area contributed by atoms with Crippen molar-refractivity contribution in [1.82, 2.24) is 0 Å². The molecule has 18 heavy (non-hydrogen) atoms. The third-order valence-electron chi connectivity index (χ3n) is 3.67. The fourth-order valence-corrected chi connectivity index (χ4v) is 3.22. The number of nitrogens with zero attached hydrogens (tertiary/aromatic N) is 1. The van der Waals surface area contributed by atoms with Crippen molar-refractivity contribution in [3.63, 3.8) is 0 Å². The van der Waals surface area contributed by atoms with Gasteiger partial charge in [-0.15, -0.1) is 0 Å². The lowest BCUT2D eigenvalue weighted by Crippen LogP contribution is -2.31. The monoisotopic (exact) mass is 306 g/mol. The van der Waals surface area contributed by atoms with E-state index in [0.717, 1.165) is 10.2 Å². The Bertz CT molecular complexity index is 474. The van der Waals surface area contributed by atoms with E-state index >= 15 is 0 Å². The van der Waals surface area contributed by atoms with Crippen LogP contribution in [-0.4, -0.2) is 6.04 Å². The summed E-state index contributed by atoms with van der Waals surface area (Å²) in [5, 5.41) is 12.5. The first-order chi connectivity index (χ1) is 8.50. The number of rotatable bonds is 2. The van der Waals surface area contributed by atoms with E-state index in [9.17, 15) is 0 Å². The van der Waals surface area contributed by atoms with Crippen molar-refractivity contribution in [3.05, 3.63) is 28.2 Å². The van der Waals surface area contributed by atoms with E-state index in [-0.39, 0.29) is 0 Å². The molecule has 1 aromatic rings. The number of hydrogen-bond donors (Lipinski definition) is 1. The molecule has 0 radical (unpaired) electrons. The number of nitriles is 1. The topological polar surface area (TPSA) is 35.8 Å². The fraction of sp³-hybridized carbons (Fsp3) is 0.533. The molecule has 0 spiro atoms.